The summed E-state index contributed by atoms with van der Waals surface area (Å²) in [6, 6.07) is 0. The molecule has 1 aliphatic rings. The fraction of sp³-hybridized carbons (Fsp3) is 0.727. The van der Waals surface area contributed by atoms with E-state index in [1.54, 1.807) is 18.5 Å². The third kappa shape index (κ3) is 2.73. The lowest BCUT2D eigenvalue weighted by Crippen LogP contribution is -2.15. The van der Waals surface area contributed by atoms with Crippen molar-refractivity contribution in [2.45, 2.75) is 50.7 Å². The summed E-state index contributed by atoms with van der Waals surface area (Å²) in [6.07, 6.45) is 3.30. The predicted octanol–water partition coefficient (Wildman–Crippen LogP) is 0.716. The van der Waals surface area contributed by atoms with E-state index in [1.165, 1.54) is 0 Å². The molecule has 0 bridgehead atoms. The van der Waals surface area contributed by atoms with Crippen molar-refractivity contribution in [2.24, 2.45) is 5.14 Å². The van der Waals surface area contributed by atoms with Crippen LogP contribution >= 0.6 is 0 Å². The molecule has 0 amide bonds. The molecule has 7 heteroatoms. The van der Waals surface area contributed by atoms with Crippen LogP contribution in [0, 0.1) is 13.8 Å². The van der Waals surface area contributed by atoms with Crippen LogP contribution in [0.15, 0.2) is 4.90 Å². The number of aromatic nitrogens is 2. The van der Waals surface area contributed by atoms with E-state index in [0.29, 0.717) is 17.9 Å². The lowest BCUT2D eigenvalue weighted by atomic mass is 10.2. The summed E-state index contributed by atoms with van der Waals surface area (Å²) in [7, 11) is -3.70. The van der Waals surface area contributed by atoms with Gasteiger partial charge in [0.1, 0.15) is 4.90 Å². The molecule has 2 rings (SSSR count). The summed E-state index contributed by atoms with van der Waals surface area (Å²) in [4.78, 5) is 0.148. The van der Waals surface area contributed by atoms with E-state index in [0.717, 1.165) is 25.9 Å². The van der Waals surface area contributed by atoms with E-state index in [1.807, 2.05) is 0 Å². The number of primary sulfonamides is 1. The molecule has 18 heavy (non-hydrogen) atoms. The summed E-state index contributed by atoms with van der Waals surface area (Å²) in [6.45, 7) is 4.88. The molecule has 1 aromatic heterocycles. The Morgan fingerprint density at radius 1 is 1.50 bits per heavy atom. The minimum atomic E-state index is -3.70. The largest absolute Gasteiger partial charge is 0.378 e. The van der Waals surface area contributed by atoms with Crippen LogP contribution in [0.4, 0.5) is 0 Å². The van der Waals surface area contributed by atoms with Crippen LogP contribution in [0.3, 0.4) is 0 Å². The first-order chi connectivity index (χ1) is 8.39. The molecule has 0 radical (unpaired) electrons. The second kappa shape index (κ2) is 4.99. The van der Waals surface area contributed by atoms with Crippen LogP contribution in [0.25, 0.3) is 0 Å². The maximum atomic E-state index is 11.4. The van der Waals surface area contributed by atoms with Crippen molar-refractivity contribution < 1.29 is 13.2 Å². The Balaban J connectivity index is 2.14. The molecule has 102 valence electrons. The molecule has 0 aliphatic carbocycles. The standard InChI is InChI=1S/C11H19N3O3S/c1-8-11(18(12,15)16)9(2)14(13-8)6-5-10-4-3-7-17-10/h10H,3-7H2,1-2H3,(H2,12,15,16). The zero-order chi connectivity index (χ0) is 13.3. The Morgan fingerprint density at radius 2 is 2.22 bits per heavy atom. The van der Waals surface area contributed by atoms with E-state index in [-0.39, 0.29) is 11.0 Å². The van der Waals surface area contributed by atoms with Crippen molar-refractivity contribution in [3.63, 3.8) is 0 Å². The van der Waals surface area contributed by atoms with Crippen LogP contribution in [0.1, 0.15) is 30.7 Å². The molecule has 2 heterocycles. The van der Waals surface area contributed by atoms with Crippen molar-refractivity contribution in [3.8, 4) is 0 Å². The molecule has 1 saturated heterocycles. The highest BCUT2D eigenvalue weighted by atomic mass is 32.2. The topological polar surface area (TPSA) is 87.2 Å². The van der Waals surface area contributed by atoms with Gasteiger partial charge in [0.25, 0.3) is 0 Å². The van der Waals surface area contributed by atoms with Crippen molar-refractivity contribution in [3.05, 3.63) is 11.4 Å². The first-order valence-corrected chi connectivity index (χ1v) is 7.62. The Morgan fingerprint density at radius 3 is 2.72 bits per heavy atom. The first-order valence-electron chi connectivity index (χ1n) is 6.08. The monoisotopic (exact) mass is 273 g/mol. The lowest BCUT2D eigenvalue weighted by Gasteiger charge is -2.10. The molecule has 0 saturated carbocycles. The van der Waals surface area contributed by atoms with Crippen molar-refractivity contribution in [2.75, 3.05) is 6.61 Å². The fourth-order valence-electron chi connectivity index (χ4n) is 2.45. The predicted molar refractivity (Wildman–Crippen MR) is 66.7 cm³/mol. The maximum Gasteiger partial charge on any atom is 0.241 e. The van der Waals surface area contributed by atoms with Gasteiger partial charge in [0.05, 0.1) is 17.5 Å². The van der Waals surface area contributed by atoms with Gasteiger partial charge < -0.3 is 4.74 Å². The molecule has 1 unspecified atom stereocenters. The van der Waals surface area contributed by atoms with Gasteiger partial charge in [0.15, 0.2) is 0 Å². The number of nitrogens with zero attached hydrogens (tertiary/aromatic N) is 2. The van der Waals surface area contributed by atoms with Crippen LogP contribution in [0.5, 0.6) is 0 Å². The molecule has 1 atom stereocenters. The van der Waals surface area contributed by atoms with E-state index >= 15 is 0 Å². The second-order valence-electron chi connectivity index (χ2n) is 4.69. The SMILES string of the molecule is Cc1nn(CCC2CCCO2)c(C)c1S(N)(=O)=O. The molecule has 1 aliphatic heterocycles. The number of ether oxygens (including phenoxy) is 1. The van der Waals surface area contributed by atoms with Gasteiger partial charge in [-0.15, -0.1) is 0 Å². The average Bonchev–Trinajstić information content (AvgIpc) is 2.82. The third-order valence-corrected chi connectivity index (χ3v) is 4.45. The van der Waals surface area contributed by atoms with Gasteiger partial charge in [-0.3, -0.25) is 4.68 Å². The summed E-state index contributed by atoms with van der Waals surface area (Å²) in [5.74, 6) is 0. The fourth-order valence-corrected chi connectivity index (χ4v) is 3.42. The van der Waals surface area contributed by atoms with Crippen LogP contribution < -0.4 is 5.14 Å². The minimum absolute atomic E-state index is 0.148. The van der Waals surface area contributed by atoms with E-state index < -0.39 is 10.0 Å². The Kier molecular flexibility index (Phi) is 3.74. The van der Waals surface area contributed by atoms with Gasteiger partial charge in [0.2, 0.25) is 10.0 Å². The van der Waals surface area contributed by atoms with E-state index in [2.05, 4.69) is 5.10 Å². The lowest BCUT2D eigenvalue weighted by molar-refractivity contribution is 0.0992. The number of aryl methyl sites for hydroxylation is 2. The minimum Gasteiger partial charge on any atom is -0.378 e. The zero-order valence-corrected chi connectivity index (χ0v) is 11.5. The van der Waals surface area contributed by atoms with Crippen molar-refractivity contribution in [1.29, 1.82) is 0 Å². The molecular weight excluding hydrogens is 254 g/mol. The summed E-state index contributed by atoms with van der Waals surface area (Å²) < 4.78 is 30.1. The molecule has 0 spiro atoms. The number of hydrogen-bond donors (Lipinski definition) is 1. The highest BCUT2D eigenvalue weighted by molar-refractivity contribution is 7.89. The Hall–Kier alpha value is -0.920. The normalized spacial score (nSPS) is 20.5. The van der Waals surface area contributed by atoms with Gasteiger partial charge >= 0.3 is 0 Å². The van der Waals surface area contributed by atoms with E-state index in [4.69, 9.17) is 9.88 Å². The summed E-state index contributed by atoms with van der Waals surface area (Å²) >= 11 is 0. The number of nitrogens with two attached hydrogens (primary N) is 1. The third-order valence-electron chi connectivity index (χ3n) is 3.29. The highest BCUT2D eigenvalue weighted by Gasteiger charge is 2.22. The van der Waals surface area contributed by atoms with Gasteiger partial charge in [-0.25, -0.2) is 13.6 Å². The second-order valence-corrected chi connectivity index (χ2v) is 6.19. The van der Waals surface area contributed by atoms with Gasteiger partial charge in [-0.2, -0.15) is 5.10 Å². The van der Waals surface area contributed by atoms with Gasteiger partial charge in [-0.05, 0) is 33.1 Å². The van der Waals surface area contributed by atoms with Gasteiger partial charge in [0, 0.05) is 13.2 Å². The molecular formula is C11H19N3O3S. The highest BCUT2D eigenvalue weighted by Crippen LogP contribution is 2.20. The summed E-state index contributed by atoms with van der Waals surface area (Å²) in [5, 5.41) is 9.42. The smallest absolute Gasteiger partial charge is 0.241 e. The summed E-state index contributed by atoms with van der Waals surface area (Å²) in [5.41, 5.74) is 1.07. The average molecular weight is 273 g/mol. The first kappa shape index (κ1) is 13.5. The van der Waals surface area contributed by atoms with E-state index in [9.17, 15) is 8.42 Å². The molecule has 1 fully saturated rings. The van der Waals surface area contributed by atoms with Crippen LogP contribution in [-0.2, 0) is 21.3 Å². The Bertz CT molecular complexity index is 530. The van der Waals surface area contributed by atoms with Crippen LogP contribution in [-0.4, -0.2) is 30.9 Å². The van der Waals surface area contributed by atoms with Crippen LogP contribution in [0.2, 0.25) is 0 Å². The maximum absolute atomic E-state index is 11.4. The molecule has 2 N–H and O–H groups in total. The Labute approximate surface area is 107 Å². The van der Waals surface area contributed by atoms with Crippen molar-refractivity contribution >= 4 is 10.0 Å². The number of sulfonamides is 1. The molecule has 6 nitrogen and oxygen atoms in total. The number of rotatable bonds is 4. The number of hydrogen-bond acceptors (Lipinski definition) is 4. The van der Waals surface area contributed by atoms with Gasteiger partial charge in [-0.1, -0.05) is 0 Å². The molecule has 0 aromatic carbocycles. The quantitative estimate of drug-likeness (QED) is 0.875. The zero-order valence-electron chi connectivity index (χ0n) is 10.7. The van der Waals surface area contributed by atoms with Crippen molar-refractivity contribution in [1.82, 2.24) is 9.78 Å². The molecule has 1 aromatic rings.